The van der Waals surface area contributed by atoms with Gasteiger partial charge in [0.15, 0.2) is 0 Å². The van der Waals surface area contributed by atoms with Crippen molar-refractivity contribution in [1.29, 1.82) is 0 Å². The number of rotatable bonds is 8. The molecule has 10 heteroatoms. The van der Waals surface area contributed by atoms with E-state index in [9.17, 15) is 22.0 Å². The van der Waals surface area contributed by atoms with Gasteiger partial charge in [0.05, 0.1) is 18.0 Å². The molecule has 0 bridgehead atoms. The fraction of sp³-hybridized carbons (Fsp3) is 0.588. The molecule has 0 atom stereocenters. The predicted octanol–water partition coefficient (Wildman–Crippen LogP) is 2.03. The van der Waals surface area contributed by atoms with E-state index in [1.165, 1.54) is 0 Å². The van der Waals surface area contributed by atoms with E-state index in [1.807, 2.05) is 26.1 Å². The third-order valence-corrected chi connectivity index (χ3v) is 6.42. The highest BCUT2D eigenvalue weighted by atomic mass is 35.5. The summed E-state index contributed by atoms with van der Waals surface area (Å²) >= 11 is 0. The summed E-state index contributed by atoms with van der Waals surface area (Å²) in [7, 11) is -3.83. The predicted molar refractivity (Wildman–Crippen MR) is 104 cm³/mol. The van der Waals surface area contributed by atoms with Crippen LogP contribution in [0.25, 0.3) is 0 Å². The lowest BCUT2D eigenvalue weighted by Crippen LogP contribution is -2.42. The maximum Gasteiger partial charge on any atom is 0.277 e. The fourth-order valence-corrected chi connectivity index (χ4v) is 4.26. The molecule has 1 amide bonds. The number of carbonyl (C=O) groups excluding carboxylic acids is 1. The lowest BCUT2D eigenvalue weighted by Gasteiger charge is -2.19. The zero-order valence-electron chi connectivity index (χ0n) is 16.2. The monoisotopic (exact) mass is 427 g/mol. The number of nitrogens with two attached hydrogens (primary N) is 1. The molecule has 0 aliphatic carbocycles. The second-order valence-corrected chi connectivity index (χ2v) is 8.14. The highest BCUT2D eigenvalue weighted by Crippen LogP contribution is 2.29. The number of sulfonamides is 1. The number of benzene rings is 1. The number of alkyl halides is 2. The molecule has 0 aliphatic rings. The van der Waals surface area contributed by atoms with Gasteiger partial charge in [-0.05, 0) is 62.4 Å². The molecule has 0 aliphatic heterocycles. The average molecular weight is 428 g/mol. The fourth-order valence-electron chi connectivity index (χ4n) is 2.63. The average Bonchev–Trinajstić information content (AvgIpc) is 2.56. The maximum absolute atomic E-state index is 13.0. The zero-order chi connectivity index (χ0) is 20.3. The van der Waals surface area contributed by atoms with Crippen LogP contribution in [-0.2, 0) is 14.8 Å². The maximum atomic E-state index is 13.0. The number of carbonyl (C=O) groups is 1. The Labute approximate surface area is 165 Å². The first-order valence-electron chi connectivity index (χ1n) is 8.25. The summed E-state index contributed by atoms with van der Waals surface area (Å²) in [5, 5.41) is 2.04. The minimum absolute atomic E-state index is 0. The van der Waals surface area contributed by atoms with Crippen LogP contribution in [0.2, 0.25) is 0 Å². The van der Waals surface area contributed by atoms with Crippen molar-refractivity contribution in [2.75, 3.05) is 19.6 Å². The number of hydrogen-bond donors (Lipinski definition) is 3. The minimum atomic E-state index is -3.83. The third-order valence-electron chi connectivity index (χ3n) is 4.69. The molecule has 156 valence electrons. The summed E-state index contributed by atoms with van der Waals surface area (Å²) in [4.78, 5) is 11.8. The van der Waals surface area contributed by atoms with Crippen molar-refractivity contribution in [2.24, 2.45) is 5.73 Å². The quantitative estimate of drug-likeness (QED) is 0.590. The lowest BCUT2D eigenvalue weighted by molar-refractivity contribution is -0.122. The molecule has 6 nitrogen and oxygen atoms in total. The highest BCUT2D eigenvalue weighted by Gasteiger charge is 2.27. The van der Waals surface area contributed by atoms with Crippen LogP contribution in [-0.4, -0.2) is 39.9 Å². The number of halogens is 3. The first-order chi connectivity index (χ1) is 11.8. The van der Waals surface area contributed by atoms with E-state index in [1.54, 1.807) is 13.8 Å². The van der Waals surface area contributed by atoms with E-state index < -0.39 is 34.9 Å². The van der Waals surface area contributed by atoms with Gasteiger partial charge in [0.1, 0.15) is 0 Å². The van der Waals surface area contributed by atoms with Crippen molar-refractivity contribution in [1.82, 2.24) is 10.0 Å². The molecule has 0 aromatic heterocycles. The second-order valence-electron chi connectivity index (χ2n) is 6.44. The molecular weight excluding hydrogens is 400 g/mol. The summed E-state index contributed by atoms with van der Waals surface area (Å²) in [6, 6.07) is 0. The molecule has 1 aromatic carbocycles. The van der Waals surface area contributed by atoms with E-state index in [0.29, 0.717) is 11.1 Å². The first-order valence-corrected chi connectivity index (χ1v) is 9.73. The van der Waals surface area contributed by atoms with Crippen LogP contribution >= 0.6 is 12.4 Å². The van der Waals surface area contributed by atoms with Crippen LogP contribution in [0, 0.1) is 34.6 Å². The van der Waals surface area contributed by atoms with E-state index in [2.05, 4.69) is 4.72 Å². The van der Waals surface area contributed by atoms with Crippen molar-refractivity contribution in [3.63, 3.8) is 0 Å². The van der Waals surface area contributed by atoms with Crippen molar-refractivity contribution in [3.8, 4) is 0 Å². The first kappa shape index (κ1) is 25.7. The Kier molecular flexibility index (Phi) is 9.30. The molecule has 1 rings (SSSR count). The van der Waals surface area contributed by atoms with Crippen LogP contribution < -0.4 is 15.8 Å². The molecule has 0 fully saturated rings. The molecule has 0 spiro atoms. The minimum Gasteiger partial charge on any atom is -0.350 e. The van der Waals surface area contributed by atoms with E-state index in [4.69, 9.17) is 5.73 Å². The molecule has 0 unspecified atom stereocenters. The second kappa shape index (κ2) is 9.77. The van der Waals surface area contributed by atoms with Crippen molar-refractivity contribution in [3.05, 3.63) is 27.8 Å². The summed E-state index contributed by atoms with van der Waals surface area (Å²) in [5.74, 6) is -3.86. The van der Waals surface area contributed by atoms with Gasteiger partial charge in [0.2, 0.25) is 15.9 Å². The SMILES string of the molecule is Cc1c(C)c(C)c(S(=O)(=O)NCCC(=O)NCC(F)(F)CN)c(C)c1C.Cl. The molecule has 0 radical (unpaired) electrons. The van der Waals surface area contributed by atoms with Gasteiger partial charge in [-0.1, -0.05) is 0 Å². The molecule has 4 N–H and O–H groups in total. The zero-order valence-corrected chi connectivity index (χ0v) is 17.8. The largest absolute Gasteiger partial charge is 0.350 e. The Morgan fingerprint density at radius 3 is 1.89 bits per heavy atom. The summed E-state index contributed by atoms with van der Waals surface area (Å²) < 4.78 is 53.7. The van der Waals surface area contributed by atoms with E-state index in [-0.39, 0.29) is 30.3 Å². The summed E-state index contributed by atoms with van der Waals surface area (Å²) in [6.07, 6.45) is -0.248. The lowest BCUT2D eigenvalue weighted by atomic mass is 9.95. The van der Waals surface area contributed by atoms with Gasteiger partial charge >= 0.3 is 0 Å². The highest BCUT2D eigenvalue weighted by molar-refractivity contribution is 7.89. The Morgan fingerprint density at radius 2 is 1.44 bits per heavy atom. The molecular formula is C17H28ClF2N3O3S. The van der Waals surface area contributed by atoms with Crippen LogP contribution in [0.5, 0.6) is 0 Å². The van der Waals surface area contributed by atoms with Crippen LogP contribution in [0.15, 0.2) is 4.90 Å². The summed E-state index contributed by atoms with van der Waals surface area (Å²) in [6.45, 7) is 7.22. The van der Waals surface area contributed by atoms with E-state index >= 15 is 0 Å². The van der Waals surface area contributed by atoms with Gasteiger partial charge in [-0.25, -0.2) is 21.9 Å². The van der Waals surface area contributed by atoms with Crippen LogP contribution in [0.1, 0.15) is 34.2 Å². The Hall–Kier alpha value is -1.29. The van der Waals surface area contributed by atoms with Crippen LogP contribution in [0.4, 0.5) is 8.78 Å². The normalized spacial score (nSPS) is 11.9. The van der Waals surface area contributed by atoms with Crippen molar-refractivity contribution in [2.45, 2.75) is 51.9 Å². The number of hydrogen-bond acceptors (Lipinski definition) is 4. The Balaban J connectivity index is 0.00000676. The third kappa shape index (κ3) is 6.38. The van der Waals surface area contributed by atoms with Gasteiger partial charge < -0.3 is 11.1 Å². The van der Waals surface area contributed by atoms with Gasteiger partial charge in [-0.2, -0.15) is 0 Å². The molecule has 0 saturated heterocycles. The Morgan fingerprint density at radius 1 is 1.00 bits per heavy atom. The smallest absolute Gasteiger partial charge is 0.277 e. The van der Waals surface area contributed by atoms with Gasteiger partial charge in [0.25, 0.3) is 5.92 Å². The molecule has 27 heavy (non-hydrogen) atoms. The van der Waals surface area contributed by atoms with Crippen molar-refractivity contribution >= 4 is 28.3 Å². The Bertz CT molecular complexity index is 770. The molecule has 0 heterocycles. The van der Waals surface area contributed by atoms with Gasteiger partial charge in [-0.15, -0.1) is 12.4 Å². The van der Waals surface area contributed by atoms with Crippen molar-refractivity contribution < 1.29 is 22.0 Å². The van der Waals surface area contributed by atoms with Gasteiger partial charge in [-0.3, -0.25) is 4.79 Å². The molecule has 1 aromatic rings. The summed E-state index contributed by atoms with van der Waals surface area (Å²) in [5.41, 5.74) is 9.04. The number of nitrogens with one attached hydrogen (secondary N) is 2. The topological polar surface area (TPSA) is 101 Å². The number of amides is 1. The molecule has 0 saturated carbocycles. The standard InChI is InChI=1S/C17H27F2N3O3S.ClH/c1-10-11(2)13(4)16(14(5)12(10)3)26(24,25)22-7-6-15(23)21-9-17(18,19)8-20;/h22H,6-9,20H2,1-5H3,(H,21,23);1H. The van der Waals surface area contributed by atoms with Gasteiger partial charge in [0, 0.05) is 13.0 Å². The van der Waals surface area contributed by atoms with Crippen LogP contribution in [0.3, 0.4) is 0 Å². The van der Waals surface area contributed by atoms with E-state index in [0.717, 1.165) is 16.7 Å².